The van der Waals surface area contributed by atoms with Gasteiger partial charge in [0.2, 0.25) is 10.0 Å². The fourth-order valence-electron chi connectivity index (χ4n) is 2.62. The Morgan fingerprint density at radius 2 is 1.88 bits per heavy atom. The first kappa shape index (κ1) is 17.2. The maximum Gasteiger partial charge on any atom is 0.265 e. The van der Waals surface area contributed by atoms with Crippen LogP contribution >= 0.6 is 0 Å². The number of fused-ring (bicyclic) bond motifs is 1. The van der Waals surface area contributed by atoms with Gasteiger partial charge in [-0.05, 0) is 36.4 Å². The lowest BCUT2D eigenvalue weighted by atomic mass is 10.2. The average molecular weight is 364 g/mol. The van der Waals surface area contributed by atoms with Crippen LogP contribution in [0.15, 0.2) is 48.5 Å². The van der Waals surface area contributed by atoms with Crippen LogP contribution in [0.25, 0.3) is 0 Å². The minimum Gasteiger partial charge on any atom is -0.478 e. The topological polar surface area (TPSA) is 75.7 Å². The largest absolute Gasteiger partial charge is 0.478 e. The Kier molecular flexibility index (Phi) is 4.63. The van der Waals surface area contributed by atoms with Crippen molar-refractivity contribution in [3.05, 3.63) is 54.3 Å². The standard InChI is InChI=1S/C17H17FN2O4S/c1-25(22,23)20-11-10-16(24-15-5-3-2-4-14(15)20)17(21)19-13-8-6-12(18)7-9-13/h2-9,16H,10-11H2,1H3,(H,19,21)/t16-/m0/s1. The summed E-state index contributed by atoms with van der Waals surface area (Å²) < 4.78 is 44.0. The summed E-state index contributed by atoms with van der Waals surface area (Å²) in [6.45, 7) is 0.122. The van der Waals surface area contributed by atoms with E-state index in [-0.39, 0.29) is 13.0 Å². The van der Waals surface area contributed by atoms with Gasteiger partial charge in [-0.3, -0.25) is 9.10 Å². The lowest BCUT2D eigenvalue weighted by molar-refractivity contribution is -0.122. The molecule has 0 aromatic heterocycles. The predicted octanol–water partition coefficient (Wildman–Crippen LogP) is 2.38. The number of amides is 1. The Morgan fingerprint density at radius 3 is 2.56 bits per heavy atom. The highest BCUT2D eigenvalue weighted by Crippen LogP contribution is 2.34. The van der Waals surface area contributed by atoms with Crippen molar-refractivity contribution in [2.45, 2.75) is 12.5 Å². The van der Waals surface area contributed by atoms with E-state index in [0.29, 0.717) is 17.1 Å². The Bertz CT molecular complexity index is 884. The SMILES string of the molecule is CS(=O)(=O)N1CC[C@@H](C(=O)Nc2ccc(F)cc2)Oc2ccccc21. The third-order valence-corrected chi connectivity index (χ3v) is 4.98. The van der Waals surface area contributed by atoms with Gasteiger partial charge < -0.3 is 10.1 Å². The van der Waals surface area contributed by atoms with E-state index in [9.17, 15) is 17.6 Å². The smallest absolute Gasteiger partial charge is 0.265 e. The molecule has 0 aliphatic carbocycles. The molecule has 1 atom stereocenters. The number of nitrogens with one attached hydrogen (secondary N) is 1. The molecular formula is C17H17FN2O4S. The molecular weight excluding hydrogens is 347 g/mol. The van der Waals surface area contributed by atoms with Crippen molar-refractivity contribution in [3.63, 3.8) is 0 Å². The van der Waals surface area contributed by atoms with Crippen LogP contribution in [0.4, 0.5) is 15.8 Å². The van der Waals surface area contributed by atoms with Crippen LogP contribution in [0, 0.1) is 5.82 Å². The summed E-state index contributed by atoms with van der Waals surface area (Å²) >= 11 is 0. The maximum atomic E-state index is 13.0. The maximum absolute atomic E-state index is 13.0. The van der Waals surface area contributed by atoms with E-state index in [2.05, 4.69) is 5.32 Å². The van der Waals surface area contributed by atoms with Crippen molar-refractivity contribution in [2.75, 3.05) is 22.4 Å². The van der Waals surface area contributed by atoms with Crippen LogP contribution in [-0.4, -0.2) is 33.2 Å². The fourth-order valence-corrected chi connectivity index (χ4v) is 3.56. The molecule has 1 heterocycles. The zero-order valence-corrected chi connectivity index (χ0v) is 14.3. The molecule has 1 aliphatic rings. The van der Waals surface area contributed by atoms with Crippen molar-refractivity contribution >= 4 is 27.3 Å². The number of carbonyl (C=O) groups excluding carboxylic acids is 1. The molecule has 0 radical (unpaired) electrons. The molecule has 0 bridgehead atoms. The average Bonchev–Trinajstić information content (AvgIpc) is 2.76. The zero-order valence-electron chi connectivity index (χ0n) is 13.5. The number of rotatable bonds is 3. The molecule has 0 unspecified atom stereocenters. The van der Waals surface area contributed by atoms with Crippen molar-refractivity contribution < 1.29 is 22.3 Å². The van der Waals surface area contributed by atoms with Gasteiger partial charge in [-0.25, -0.2) is 12.8 Å². The number of anilines is 2. The molecule has 0 spiro atoms. The predicted molar refractivity (Wildman–Crippen MR) is 92.7 cm³/mol. The molecule has 1 amide bonds. The zero-order chi connectivity index (χ0) is 18.0. The van der Waals surface area contributed by atoms with E-state index < -0.39 is 27.9 Å². The quantitative estimate of drug-likeness (QED) is 0.907. The highest BCUT2D eigenvalue weighted by Gasteiger charge is 2.31. The first-order valence-electron chi connectivity index (χ1n) is 7.64. The van der Waals surface area contributed by atoms with Gasteiger partial charge in [0.05, 0.1) is 11.9 Å². The number of benzene rings is 2. The molecule has 2 aromatic rings. The highest BCUT2D eigenvalue weighted by atomic mass is 32.2. The second-order valence-electron chi connectivity index (χ2n) is 5.69. The number of sulfonamides is 1. The number of carbonyl (C=O) groups is 1. The van der Waals surface area contributed by atoms with E-state index in [1.165, 1.54) is 28.6 Å². The van der Waals surface area contributed by atoms with Gasteiger partial charge in [-0.15, -0.1) is 0 Å². The van der Waals surface area contributed by atoms with Crippen LogP contribution in [0.3, 0.4) is 0 Å². The molecule has 2 aromatic carbocycles. The number of hydrogen-bond donors (Lipinski definition) is 1. The number of para-hydroxylation sites is 2. The lowest BCUT2D eigenvalue weighted by Gasteiger charge is -2.20. The van der Waals surface area contributed by atoms with Crippen molar-refractivity contribution in [1.29, 1.82) is 0 Å². The third kappa shape index (κ3) is 3.90. The van der Waals surface area contributed by atoms with Gasteiger partial charge in [0.15, 0.2) is 6.10 Å². The summed E-state index contributed by atoms with van der Waals surface area (Å²) in [5.74, 6) is -0.497. The van der Waals surface area contributed by atoms with E-state index in [4.69, 9.17) is 4.74 Å². The molecule has 0 saturated heterocycles. The molecule has 6 nitrogen and oxygen atoms in total. The molecule has 132 valence electrons. The number of ether oxygens (including phenoxy) is 1. The van der Waals surface area contributed by atoms with E-state index in [1.54, 1.807) is 24.3 Å². The second-order valence-corrected chi connectivity index (χ2v) is 7.60. The normalized spacial score (nSPS) is 17.2. The Labute approximate surface area is 145 Å². The summed E-state index contributed by atoms with van der Waals surface area (Å²) in [6, 6.07) is 12.0. The van der Waals surface area contributed by atoms with E-state index in [0.717, 1.165) is 6.26 Å². The molecule has 1 N–H and O–H groups in total. The van der Waals surface area contributed by atoms with Gasteiger partial charge in [0.1, 0.15) is 11.6 Å². The van der Waals surface area contributed by atoms with Gasteiger partial charge in [-0.1, -0.05) is 12.1 Å². The van der Waals surface area contributed by atoms with E-state index in [1.807, 2.05) is 0 Å². The Hall–Kier alpha value is -2.61. The first-order chi connectivity index (χ1) is 11.8. The van der Waals surface area contributed by atoms with Gasteiger partial charge in [0, 0.05) is 18.7 Å². The summed E-state index contributed by atoms with van der Waals surface area (Å²) in [5, 5.41) is 2.65. The highest BCUT2D eigenvalue weighted by molar-refractivity contribution is 7.92. The summed E-state index contributed by atoms with van der Waals surface area (Å²) in [5.41, 5.74) is 0.842. The molecule has 3 rings (SSSR count). The van der Waals surface area contributed by atoms with Crippen molar-refractivity contribution in [2.24, 2.45) is 0 Å². The van der Waals surface area contributed by atoms with Crippen molar-refractivity contribution in [3.8, 4) is 5.75 Å². The fraction of sp³-hybridized carbons (Fsp3) is 0.235. The summed E-state index contributed by atoms with van der Waals surface area (Å²) in [6.07, 6.45) is 0.440. The molecule has 25 heavy (non-hydrogen) atoms. The number of hydrogen-bond acceptors (Lipinski definition) is 4. The third-order valence-electron chi connectivity index (χ3n) is 3.80. The van der Waals surface area contributed by atoms with Gasteiger partial charge in [0.25, 0.3) is 5.91 Å². The Balaban J connectivity index is 1.83. The van der Waals surface area contributed by atoms with Crippen molar-refractivity contribution in [1.82, 2.24) is 0 Å². The second kappa shape index (κ2) is 6.72. The Morgan fingerprint density at radius 1 is 1.20 bits per heavy atom. The molecule has 8 heteroatoms. The minimum absolute atomic E-state index is 0.122. The van der Waals surface area contributed by atoms with E-state index >= 15 is 0 Å². The number of halogens is 1. The van der Waals surface area contributed by atoms with Crippen LogP contribution < -0.4 is 14.4 Å². The number of nitrogens with zero attached hydrogens (tertiary/aromatic N) is 1. The molecule has 1 aliphatic heterocycles. The molecule has 0 fully saturated rings. The van der Waals surface area contributed by atoms with Crippen LogP contribution in [0.5, 0.6) is 5.75 Å². The van der Waals surface area contributed by atoms with Gasteiger partial charge >= 0.3 is 0 Å². The lowest BCUT2D eigenvalue weighted by Crippen LogP contribution is -2.35. The van der Waals surface area contributed by atoms with Crippen LogP contribution in [-0.2, 0) is 14.8 Å². The van der Waals surface area contributed by atoms with Crippen LogP contribution in [0.1, 0.15) is 6.42 Å². The minimum atomic E-state index is -3.50. The first-order valence-corrected chi connectivity index (χ1v) is 9.49. The summed E-state index contributed by atoms with van der Waals surface area (Å²) in [7, 11) is -3.50. The molecule has 0 saturated carbocycles. The van der Waals surface area contributed by atoms with Crippen LogP contribution in [0.2, 0.25) is 0 Å². The van der Waals surface area contributed by atoms with Gasteiger partial charge in [-0.2, -0.15) is 0 Å². The monoisotopic (exact) mass is 364 g/mol. The summed E-state index contributed by atoms with van der Waals surface area (Å²) in [4.78, 5) is 12.5.